The molecule has 1 aliphatic rings. The van der Waals surface area contributed by atoms with Crippen LogP contribution in [0.2, 0.25) is 0 Å². The minimum atomic E-state index is -0.280. The topological polar surface area (TPSA) is 35.8 Å². The van der Waals surface area contributed by atoms with Crippen molar-refractivity contribution in [2.45, 2.75) is 39.7 Å². The smallest absolute Gasteiger partial charge is 0.134 e. The molecule has 0 fully saturated rings. The fraction of sp³-hybridized carbons (Fsp3) is 0.318. The van der Waals surface area contributed by atoms with E-state index in [4.69, 9.17) is 0 Å². The van der Waals surface area contributed by atoms with Crippen LogP contribution < -0.4 is 4.90 Å². The summed E-state index contributed by atoms with van der Waals surface area (Å²) in [5.41, 5.74) is 4.13. The van der Waals surface area contributed by atoms with Crippen molar-refractivity contribution in [3.05, 3.63) is 59.4 Å². The second-order valence-electron chi connectivity index (χ2n) is 7.30. The molecular weight excluding hydrogens is 327 g/mol. The number of aliphatic imine (C=N–C) groups is 1. The van der Waals surface area contributed by atoms with Gasteiger partial charge in [0.05, 0.1) is 11.2 Å². The highest BCUT2D eigenvalue weighted by atomic mass is 19.1. The van der Waals surface area contributed by atoms with Crippen LogP contribution in [-0.2, 0) is 0 Å². The molecule has 0 saturated carbocycles. The second-order valence-corrected chi connectivity index (χ2v) is 7.30. The van der Waals surface area contributed by atoms with Crippen LogP contribution in [0.25, 0.3) is 5.57 Å². The first-order valence-corrected chi connectivity index (χ1v) is 8.96. The maximum atomic E-state index is 14.8. The molecule has 0 bridgehead atoms. The maximum Gasteiger partial charge on any atom is 0.134 e. The number of anilines is 1. The number of phenols is 1. The average Bonchev–Trinajstić information content (AvgIpc) is 2.58. The Morgan fingerprint density at radius 1 is 1.19 bits per heavy atom. The molecule has 2 aromatic rings. The normalized spacial score (nSPS) is 15.9. The minimum absolute atomic E-state index is 0.138. The van der Waals surface area contributed by atoms with Crippen LogP contribution in [0.5, 0.6) is 5.75 Å². The number of allylic oxidation sites excluding steroid dienone is 1. The number of nitrogens with zero attached hydrogens (tertiary/aromatic N) is 2. The molecule has 0 atom stereocenters. The number of hydrogen-bond donors (Lipinski definition) is 1. The summed E-state index contributed by atoms with van der Waals surface area (Å²) in [5.74, 6) is -0.0961. The van der Waals surface area contributed by atoms with Crippen LogP contribution in [0.1, 0.15) is 45.2 Å². The fourth-order valence-corrected chi connectivity index (χ4v) is 3.53. The molecule has 3 nitrogen and oxygen atoms in total. The van der Waals surface area contributed by atoms with E-state index in [2.05, 4.69) is 43.7 Å². The summed E-state index contributed by atoms with van der Waals surface area (Å²) < 4.78 is 14.8. The number of rotatable bonds is 4. The van der Waals surface area contributed by atoms with Gasteiger partial charge in [-0.2, -0.15) is 0 Å². The van der Waals surface area contributed by atoms with Crippen molar-refractivity contribution in [2.24, 2.45) is 4.99 Å². The number of aromatic hydroxyl groups is 1. The molecule has 0 spiro atoms. The van der Waals surface area contributed by atoms with E-state index in [1.807, 2.05) is 6.07 Å². The van der Waals surface area contributed by atoms with Gasteiger partial charge in [0, 0.05) is 29.6 Å². The SMILES string of the molecule is CCCN1c2cc(F)c(C=Nc3ccc(O)cc3)cc2C(C)=CC1(C)C. The third-order valence-corrected chi connectivity index (χ3v) is 4.75. The van der Waals surface area contributed by atoms with Crippen molar-refractivity contribution in [1.82, 2.24) is 0 Å². The first-order valence-electron chi connectivity index (χ1n) is 8.96. The Kier molecular flexibility index (Phi) is 4.86. The molecular formula is C22H25FN2O. The molecule has 0 saturated heterocycles. The first kappa shape index (κ1) is 18.2. The largest absolute Gasteiger partial charge is 0.508 e. The number of halogens is 1. The molecule has 0 aliphatic carbocycles. The Morgan fingerprint density at radius 2 is 1.88 bits per heavy atom. The summed E-state index contributed by atoms with van der Waals surface area (Å²) in [7, 11) is 0. The van der Waals surface area contributed by atoms with Crippen LogP contribution in [0.4, 0.5) is 15.8 Å². The van der Waals surface area contributed by atoms with Gasteiger partial charge in [-0.3, -0.25) is 4.99 Å². The van der Waals surface area contributed by atoms with Gasteiger partial charge >= 0.3 is 0 Å². The van der Waals surface area contributed by atoms with Gasteiger partial charge in [-0.05, 0) is 69.2 Å². The Morgan fingerprint density at radius 3 is 2.54 bits per heavy atom. The molecule has 0 radical (unpaired) electrons. The second kappa shape index (κ2) is 6.94. The summed E-state index contributed by atoms with van der Waals surface area (Å²) in [4.78, 5) is 6.59. The van der Waals surface area contributed by atoms with Crippen LogP contribution in [-0.4, -0.2) is 23.4 Å². The molecule has 1 heterocycles. The molecule has 26 heavy (non-hydrogen) atoms. The van der Waals surface area contributed by atoms with Crippen molar-refractivity contribution >= 4 is 23.2 Å². The van der Waals surface area contributed by atoms with Crippen molar-refractivity contribution in [3.8, 4) is 5.75 Å². The van der Waals surface area contributed by atoms with E-state index < -0.39 is 0 Å². The highest BCUT2D eigenvalue weighted by Crippen LogP contribution is 2.40. The van der Waals surface area contributed by atoms with Crippen molar-refractivity contribution < 1.29 is 9.50 Å². The summed E-state index contributed by atoms with van der Waals surface area (Å²) >= 11 is 0. The van der Waals surface area contributed by atoms with Crippen LogP contribution >= 0.6 is 0 Å². The molecule has 1 aliphatic heterocycles. The van der Waals surface area contributed by atoms with Gasteiger partial charge in [0.25, 0.3) is 0 Å². The maximum absolute atomic E-state index is 14.8. The van der Waals surface area contributed by atoms with Gasteiger partial charge < -0.3 is 10.0 Å². The first-order chi connectivity index (χ1) is 12.3. The molecule has 3 rings (SSSR count). The summed E-state index contributed by atoms with van der Waals surface area (Å²) in [6.45, 7) is 9.41. The van der Waals surface area contributed by atoms with Crippen LogP contribution in [0.15, 0.2) is 47.5 Å². The number of phenolic OH excluding ortho intramolecular Hbond substituents is 1. The number of hydrogen-bond acceptors (Lipinski definition) is 3. The lowest BCUT2D eigenvalue weighted by atomic mass is 9.87. The molecule has 0 aromatic heterocycles. The van der Waals surface area contributed by atoms with Gasteiger partial charge in [0.2, 0.25) is 0 Å². The third kappa shape index (κ3) is 3.50. The molecule has 4 heteroatoms. The highest BCUT2D eigenvalue weighted by Gasteiger charge is 2.31. The number of fused-ring (bicyclic) bond motifs is 1. The Hall–Kier alpha value is -2.62. The lowest BCUT2D eigenvalue weighted by molar-refractivity contribution is 0.475. The van der Waals surface area contributed by atoms with Gasteiger partial charge in [-0.15, -0.1) is 0 Å². The molecule has 0 unspecified atom stereocenters. The zero-order valence-corrected chi connectivity index (χ0v) is 15.8. The monoisotopic (exact) mass is 352 g/mol. The van der Waals surface area contributed by atoms with E-state index >= 15 is 0 Å². The van der Waals surface area contributed by atoms with E-state index in [0.717, 1.165) is 29.8 Å². The van der Waals surface area contributed by atoms with Gasteiger partial charge in [0.15, 0.2) is 0 Å². The Bertz CT molecular complexity index is 866. The van der Waals surface area contributed by atoms with Crippen molar-refractivity contribution in [1.29, 1.82) is 0 Å². The predicted molar refractivity (Wildman–Crippen MR) is 107 cm³/mol. The number of benzene rings is 2. The Balaban J connectivity index is 2.01. The van der Waals surface area contributed by atoms with E-state index in [1.165, 1.54) is 0 Å². The zero-order chi connectivity index (χ0) is 18.9. The van der Waals surface area contributed by atoms with Crippen LogP contribution in [0, 0.1) is 5.82 Å². The van der Waals surface area contributed by atoms with Gasteiger partial charge in [0.1, 0.15) is 11.6 Å². The lowest BCUT2D eigenvalue weighted by Crippen LogP contribution is -2.45. The van der Waals surface area contributed by atoms with Gasteiger partial charge in [-0.25, -0.2) is 4.39 Å². The highest BCUT2D eigenvalue weighted by molar-refractivity contribution is 5.89. The Labute approximate surface area is 154 Å². The van der Waals surface area contributed by atoms with Crippen LogP contribution in [0.3, 0.4) is 0 Å². The predicted octanol–water partition coefficient (Wildman–Crippen LogP) is 5.69. The van der Waals surface area contributed by atoms with Crippen molar-refractivity contribution in [3.63, 3.8) is 0 Å². The minimum Gasteiger partial charge on any atom is -0.508 e. The quantitative estimate of drug-likeness (QED) is 0.717. The van der Waals surface area contributed by atoms with Crippen molar-refractivity contribution in [2.75, 3.05) is 11.4 Å². The summed E-state index contributed by atoms with van der Waals surface area (Å²) in [6, 6.07) is 10.0. The van der Waals surface area contributed by atoms with E-state index in [1.54, 1.807) is 36.5 Å². The van der Waals surface area contributed by atoms with E-state index in [-0.39, 0.29) is 17.1 Å². The van der Waals surface area contributed by atoms with Gasteiger partial charge in [-0.1, -0.05) is 13.0 Å². The third-order valence-electron chi connectivity index (χ3n) is 4.75. The summed E-state index contributed by atoms with van der Waals surface area (Å²) in [5, 5.41) is 9.34. The average molecular weight is 352 g/mol. The standard InChI is InChI=1S/C22H25FN2O/c1-5-10-25-21-12-20(23)16(11-19(21)15(2)13-22(25,3)4)14-24-17-6-8-18(26)9-7-17/h6-9,11-14,26H,5,10H2,1-4H3. The van der Waals surface area contributed by atoms with E-state index in [0.29, 0.717) is 11.3 Å². The molecule has 0 amide bonds. The zero-order valence-electron chi connectivity index (χ0n) is 15.8. The lowest BCUT2D eigenvalue weighted by Gasteiger charge is -2.43. The fourth-order valence-electron chi connectivity index (χ4n) is 3.53. The molecule has 136 valence electrons. The molecule has 2 aromatic carbocycles. The van der Waals surface area contributed by atoms with E-state index in [9.17, 15) is 9.50 Å². The summed E-state index contributed by atoms with van der Waals surface area (Å²) in [6.07, 6.45) is 4.78. The molecule has 1 N–H and O–H groups in total.